The zero-order chi connectivity index (χ0) is 9.42. The van der Waals surface area contributed by atoms with Crippen LogP contribution in [0.2, 0.25) is 0 Å². The van der Waals surface area contributed by atoms with Gasteiger partial charge in [-0.1, -0.05) is 22.0 Å². The Bertz CT molecular complexity index is 445. The van der Waals surface area contributed by atoms with E-state index in [0.717, 1.165) is 4.47 Å². The third kappa shape index (κ3) is 1.28. The number of nitrogens with one attached hydrogen (secondary N) is 1. The van der Waals surface area contributed by atoms with Crippen LogP contribution in [-0.4, -0.2) is 4.98 Å². The Labute approximate surface area is 85.3 Å². The molecule has 2 rings (SSSR count). The van der Waals surface area contributed by atoms with Crippen LogP contribution in [-0.2, 0) is 6.54 Å². The molecule has 0 aliphatic heterocycles. The third-order valence-electron chi connectivity index (χ3n) is 2.36. The van der Waals surface area contributed by atoms with Crippen LogP contribution in [0.4, 0.5) is 0 Å². The van der Waals surface area contributed by atoms with Gasteiger partial charge in [0.05, 0.1) is 0 Å². The van der Waals surface area contributed by atoms with E-state index in [4.69, 9.17) is 5.73 Å². The van der Waals surface area contributed by atoms with Crippen molar-refractivity contribution in [1.29, 1.82) is 0 Å². The highest BCUT2D eigenvalue weighted by molar-refractivity contribution is 9.10. The minimum absolute atomic E-state index is 0.584. The monoisotopic (exact) mass is 238 g/mol. The number of halogens is 1. The molecular formula is C10H11BrN2. The van der Waals surface area contributed by atoms with E-state index in [0.29, 0.717) is 6.54 Å². The SMILES string of the molecule is Cc1c(Br)ccc2c(CN)c[nH]c12. The molecule has 2 nitrogen and oxygen atoms in total. The number of hydrogen-bond acceptors (Lipinski definition) is 1. The summed E-state index contributed by atoms with van der Waals surface area (Å²) in [4.78, 5) is 3.24. The number of hydrogen-bond donors (Lipinski definition) is 2. The number of benzene rings is 1. The molecule has 0 bridgehead atoms. The molecule has 0 amide bonds. The largest absolute Gasteiger partial charge is 0.361 e. The summed E-state index contributed by atoms with van der Waals surface area (Å²) >= 11 is 3.50. The predicted octanol–water partition coefficient (Wildman–Crippen LogP) is 2.70. The van der Waals surface area contributed by atoms with Crippen LogP contribution < -0.4 is 5.73 Å². The Morgan fingerprint density at radius 1 is 1.46 bits per heavy atom. The Kier molecular flexibility index (Phi) is 2.14. The van der Waals surface area contributed by atoms with Crippen LogP contribution >= 0.6 is 15.9 Å². The van der Waals surface area contributed by atoms with Crippen molar-refractivity contribution in [3.05, 3.63) is 33.9 Å². The molecule has 1 aromatic carbocycles. The van der Waals surface area contributed by atoms with Crippen LogP contribution in [0.25, 0.3) is 10.9 Å². The summed E-state index contributed by atoms with van der Waals surface area (Å²) in [6, 6.07) is 4.15. The third-order valence-corrected chi connectivity index (χ3v) is 3.21. The molecule has 3 N–H and O–H groups in total. The zero-order valence-electron chi connectivity index (χ0n) is 7.39. The second-order valence-corrected chi connectivity index (χ2v) is 3.97. The number of aromatic nitrogens is 1. The van der Waals surface area contributed by atoms with E-state index < -0.39 is 0 Å². The highest BCUT2D eigenvalue weighted by Gasteiger charge is 2.05. The first-order chi connectivity index (χ1) is 6.24. The van der Waals surface area contributed by atoms with Crippen molar-refractivity contribution in [3.8, 4) is 0 Å². The van der Waals surface area contributed by atoms with Crippen molar-refractivity contribution in [2.45, 2.75) is 13.5 Å². The first-order valence-corrected chi connectivity index (χ1v) is 4.98. The molecule has 13 heavy (non-hydrogen) atoms. The van der Waals surface area contributed by atoms with Crippen LogP contribution in [0.3, 0.4) is 0 Å². The summed E-state index contributed by atoms with van der Waals surface area (Å²) in [5, 5.41) is 1.23. The van der Waals surface area contributed by atoms with Crippen molar-refractivity contribution in [3.63, 3.8) is 0 Å². The lowest BCUT2D eigenvalue weighted by Crippen LogP contribution is -1.94. The van der Waals surface area contributed by atoms with Crippen molar-refractivity contribution >= 4 is 26.8 Å². The average Bonchev–Trinajstić information content (AvgIpc) is 2.55. The standard InChI is InChI=1S/C10H11BrN2/c1-6-9(11)3-2-8-7(4-12)5-13-10(6)8/h2-3,5,13H,4,12H2,1H3. The molecule has 1 aromatic heterocycles. The van der Waals surface area contributed by atoms with Gasteiger partial charge >= 0.3 is 0 Å². The number of rotatable bonds is 1. The highest BCUT2D eigenvalue weighted by Crippen LogP contribution is 2.26. The topological polar surface area (TPSA) is 41.8 Å². The fourth-order valence-corrected chi connectivity index (χ4v) is 1.88. The summed E-state index contributed by atoms with van der Waals surface area (Å²) in [5.41, 5.74) is 9.20. The molecule has 0 saturated carbocycles. The van der Waals surface area contributed by atoms with Gasteiger partial charge in [-0.2, -0.15) is 0 Å². The molecule has 0 spiro atoms. The summed E-state index contributed by atoms with van der Waals surface area (Å²) in [7, 11) is 0. The number of nitrogens with two attached hydrogens (primary N) is 1. The summed E-state index contributed by atoms with van der Waals surface area (Å²) in [6.07, 6.45) is 1.98. The minimum Gasteiger partial charge on any atom is -0.361 e. The number of H-pyrrole nitrogens is 1. The van der Waals surface area contributed by atoms with Crippen molar-refractivity contribution in [2.24, 2.45) is 5.73 Å². The number of aromatic amines is 1. The quantitative estimate of drug-likeness (QED) is 0.789. The normalized spacial score (nSPS) is 11.0. The van der Waals surface area contributed by atoms with Crippen LogP contribution in [0.1, 0.15) is 11.1 Å². The van der Waals surface area contributed by atoms with Gasteiger partial charge in [-0.25, -0.2) is 0 Å². The van der Waals surface area contributed by atoms with E-state index in [9.17, 15) is 0 Å². The van der Waals surface area contributed by atoms with Crippen molar-refractivity contribution in [2.75, 3.05) is 0 Å². The Morgan fingerprint density at radius 2 is 2.23 bits per heavy atom. The predicted molar refractivity (Wildman–Crippen MR) is 58.6 cm³/mol. The lowest BCUT2D eigenvalue weighted by Gasteiger charge is -2.00. The van der Waals surface area contributed by atoms with Gasteiger partial charge < -0.3 is 10.7 Å². The molecule has 1 heterocycles. The summed E-state index contributed by atoms with van der Waals surface area (Å²) in [5.74, 6) is 0. The first-order valence-electron chi connectivity index (χ1n) is 4.19. The van der Waals surface area contributed by atoms with Crippen LogP contribution in [0.15, 0.2) is 22.8 Å². The maximum Gasteiger partial charge on any atom is 0.0498 e. The van der Waals surface area contributed by atoms with Gasteiger partial charge in [0.25, 0.3) is 0 Å². The Hall–Kier alpha value is -0.800. The molecule has 0 atom stereocenters. The first kappa shape index (κ1) is 8.78. The highest BCUT2D eigenvalue weighted by atomic mass is 79.9. The molecule has 0 aliphatic rings. The molecule has 0 radical (unpaired) electrons. The van der Waals surface area contributed by atoms with Crippen molar-refractivity contribution < 1.29 is 0 Å². The summed E-state index contributed by atoms with van der Waals surface area (Å²) < 4.78 is 1.13. The second-order valence-electron chi connectivity index (χ2n) is 3.11. The zero-order valence-corrected chi connectivity index (χ0v) is 8.98. The van der Waals surface area contributed by atoms with Gasteiger partial charge in [-0.3, -0.25) is 0 Å². The Balaban J connectivity index is 2.81. The van der Waals surface area contributed by atoms with Crippen molar-refractivity contribution in [1.82, 2.24) is 4.98 Å². The van der Waals surface area contributed by atoms with Gasteiger partial charge in [0.2, 0.25) is 0 Å². The molecule has 68 valence electrons. The van der Waals surface area contributed by atoms with E-state index in [1.54, 1.807) is 0 Å². The lowest BCUT2D eigenvalue weighted by atomic mass is 10.1. The van der Waals surface area contributed by atoms with E-state index in [-0.39, 0.29) is 0 Å². The average molecular weight is 239 g/mol. The molecular weight excluding hydrogens is 228 g/mol. The Morgan fingerprint density at radius 3 is 2.92 bits per heavy atom. The second kappa shape index (κ2) is 3.16. The van der Waals surface area contributed by atoms with Gasteiger partial charge in [0.1, 0.15) is 0 Å². The van der Waals surface area contributed by atoms with Gasteiger partial charge in [0.15, 0.2) is 0 Å². The van der Waals surface area contributed by atoms with Gasteiger partial charge in [0, 0.05) is 28.1 Å². The number of aryl methyl sites for hydroxylation is 1. The van der Waals surface area contributed by atoms with Crippen LogP contribution in [0.5, 0.6) is 0 Å². The molecule has 0 aliphatic carbocycles. The fourth-order valence-electron chi connectivity index (χ4n) is 1.55. The van der Waals surface area contributed by atoms with Gasteiger partial charge in [-0.05, 0) is 24.1 Å². The smallest absolute Gasteiger partial charge is 0.0498 e. The van der Waals surface area contributed by atoms with Gasteiger partial charge in [-0.15, -0.1) is 0 Å². The maximum atomic E-state index is 5.62. The molecule has 0 saturated heterocycles. The van der Waals surface area contributed by atoms with Crippen LogP contribution in [0, 0.1) is 6.92 Å². The van der Waals surface area contributed by atoms with E-state index in [1.807, 2.05) is 6.20 Å². The van der Waals surface area contributed by atoms with E-state index in [2.05, 4.69) is 40.0 Å². The molecule has 3 heteroatoms. The minimum atomic E-state index is 0.584. The molecule has 0 unspecified atom stereocenters. The molecule has 0 fully saturated rings. The summed E-state index contributed by atoms with van der Waals surface area (Å²) in [6.45, 7) is 2.67. The molecule has 2 aromatic rings. The lowest BCUT2D eigenvalue weighted by molar-refractivity contribution is 1.08. The number of fused-ring (bicyclic) bond motifs is 1. The fraction of sp³-hybridized carbons (Fsp3) is 0.200. The van der Waals surface area contributed by atoms with E-state index >= 15 is 0 Å². The van der Waals surface area contributed by atoms with E-state index in [1.165, 1.54) is 22.0 Å². The maximum absolute atomic E-state index is 5.62.